The van der Waals surface area contributed by atoms with Gasteiger partial charge < -0.3 is 19.5 Å². The monoisotopic (exact) mass is 451 g/mol. The molecule has 3 aromatic rings. The number of rotatable bonds is 8. The number of hydrogen-bond acceptors (Lipinski definition) is 6. The number of amides is 1. The van der Waals surface area contributed by atoms with E-state index in [9.17, 15) is 9.59 Å². The summed E-state index contributed by atoms with van der Waals surface area (Å²) in [5.41, 5.74) is 4.34. The first-order valence-corrected chi connectivity index (χ1v) is 10.6. The summed E-state index contributed by atoms with van der Waals surface area (Å²) in [7, 11) is 1.49. The van der Waals surface area contributed by atoms with Crippen LogP contribution in [0.3, 0.4) is 0 Å². The van der Waals surface area contributed by atoms with E-state index in [0.29, 0.717) is 22.9 Å². The van der Waals surface area contributed by atoms with Gasteiger partial charge in [-0.15, -0.1) is 0 Å². The highest BCUT2D eigenvalue weighted by molar-refractivity contribution is 5.96. The summed E-state index contributed by atoms with van der Waals surface area (Å²) in [5.74, 6) is -0.149. The first-order chi connectivity index (χ1) is 15.7. The van der Waals surface area contributed by atoms with Crippen LogP contribution in [-0.2, 0) is 9.53 Å². The minimum absolute atomic E-state index is 0.0392. The summed E-state index contributed by atoms with van der Waals surface area (Å²) in [6.45, 7) is 9.06. The Morgan fingerprint density at radius 1 is 1.03 bits per heavy atom. The van der Waals surface area contributed by atoms with Gasteiger partial charge >= 0.3 is 5.97 Å². The fraction of sp³-hybridized carbons (Fsp3) is 0.320. The maximum absolute atomic E-state index is 12.5. The average Bonchev–Trinajstić information content (AvgIpc) is 3.06. The van der Waals surface area contributed by atoms with E-state index in [1.165, 1.54) is 13.2 Å². The van der Waals surface area contributed by atoms with E-state index in [4.69, 9.17) is 14.2 Å². The van der Waals surface area contributed by atoms with E-state index in [0.717, 1.165) is 16.9 Å². The third-order valence-electron chi connectivity index (χ3n) is 4.93. The smallest absolute Gasteiger partial charge is 0.338 e. The van der Waals surface area contributed by atoms with Crippen molar-refractivity contribution in [2.24, 2.45) is 0 Å². The van der Waals surface area contributed by atoms with Crippen molar-refractivity contribution in [3.05, 3.63) is 65.0 Å². The van der Waals surface area contributed by atoms with Crippen LogP contribution in [0.2, 0.25) is 0 Å². The van der Waals surface area contributed by atoms with Gasteiger partial charge in [-0.3, -0.25) is 4.79 Å². The number of methoxy groups -OCH3 is 1. The maximum atomic E-state index is 12.5. The van der Waals surface area contributed by atoms with E-state index in [2.05, 4.69) is 10.4 Å². The molecule has 8 heteroatoms. The number of esters is 1. The van der Waals surface area contributed by atoms with Gasteiger partial charge in [-0.05, 0) is 65.0 Å². The lowest BCUT2D eigenvalue weighted by molar-refractivity contribution is -0.119. The number of aromatic nitrogens is 2. The van der Waals surface area contributed by atoms with Gasteiger partial charge in [0, 0.05) is 0 Å². The van der Waals surface area contributed by atoms with Crippen LogP contribution in [0.25, 0.3) is 5.69 Å². The van der Waals surface area contributed by atoms with Crippen molar-refractivity contribution in [1.82, 2.24) is 9.78 Å². The zero-order chi connectivity index (χ0) is 24.1. The van der Waals surface area contributed by atoms with Crippen LogP contribution >= 0.6 is 0 Å². The van der Waals surface area contributed by atoms with Crippen LogP contribution < -0.4 is 14.8 Å². The van der Waals surface area contributed by atoms with Crippen LogP contribution in [0.1, 0.15) is 41.2 Å². The first kappa shape index (κ1) is 23.8. The van der Waals surface area contributed by atoms with Crippen molar-refractivity contribution in [3.8, 4) is 17.2 Å². The summed E-state index contributed by atoms with van der Waals surface area (Å²) in [4.78, 5) is 24.9. The van der Waals surface area contributed by atoms with Crippen molar-refractivity contribution in [1.29, 1.82) is 0 Å². The lowest BCUT2D eigenvalue weighted by Crippen LogP contribution is -2.21. The average molecular weight is 452 g/mol. The molecule has 0 radical (unpaired) electrons. The minimum atomic E-state index is -0.636. The van der Waals surface area contributed by atoms with Gasteiger partial charge in [-0.25, -0.2) is 9.48 Å². The number of carbonyl (C=O) groups excluding carboxylic acids is 2. The zero-order valence-corrected chi connectivity index (χ0v) is 19.8. The summed E-state index contributed by atoms with van der Waals surface area (Å²) in [6, 6.07) is 12.7. The molecule has 3 rings (SSSR count). The molecular weight excluding hydrogens is 422 g/mol. The van der Waals surface area contributed by atoms with Crippen LogP contribution in [0.15, 0.2) is 42.5 Å². The number of ether oxygens (including phenoxy) is 3. The third kappa shape index (κ3) is 5.71. The molecule has 0 fully saturated rings. The second-order valence-corrected chi connectivity index (χ2v) is 7.95. The Bertz CT molecular complexity index is 1150. The van der Waals surface area contributed by atoms with Gasteiger partial charge in [0.1, 0.15) is 0 Å². The number of carbonyl (C=O) groups is 2. The zero-order valence-electron chi connectivity index (χ0n) is 19.8. The van der Waals surface area contributed by atoms with E-state index >= 15 is 0 Å². The number of hydrogen-bond donors (Lipinski definition) is 1. The Morgan fingerprint density at radius 3 is 2.36 bits per heavy atom. The van der Waals surface area contributed by atoms with Crippen LogP contribution in [0.5, 0.6) is 11.5 Å². The highest BCUT2D eigenvalue weighted by Crippen LogP contribution is 2.29. The van der Waals surface area contributed by atoms with Gasteiger partial charge in [0.25, 0.3) is 5.91 Å². The predicted octanol–water partition coefficient (Wildman–Crippen LogP) is 4.39. The van der Waals surface area contributed by atoms with Crippen molar-refractivity contribution in [2.75, 3.05) is 19.0 Å². The molecule has 0 saturated carbocycles. The Kier molecular flexibility index (Phi) is 7.37. The fourth-order valence-corrected chi connectivity index (χ4v) is 3.30. The summed E-state index contributed by atoms with van der Waals surface area (Å²) in [5, 5.41) is 7.32. The summed E-state index contributed by atoms with van der Waals surface area (Å²) in [6.07, 6.45) is -0.0392. The lowest BCUT2D eigenvalue weighted by atomic mass is 10.2. The van der Waals surface area contributed by atoms with Crippen molar-refractivity contribution >= 4 is 17.6 Å². The van der Waals surface area contributed by atoms with Crippen LogP contribution in [0, 0.1) is 20.8 Å². The number of nitrogens with zero attached hydrogens (tertiary/aromatic N) is 2. The Hall–Kier alpha value is -3.81. The topological polar surface area (TPSA) is 91.7 Å². The highest BCUT2D eigenvalue weighted by atomic mass is 16.5. The number of anilines is 1. The molecule has 1 N–H and O–H groups in total. The molecule has 1 aromatic heterocycles. The molecule has 0 saturated heterocycles. The SMILES string of the molecule is COc1cc(C(=O)OCC(=O)Nc2c(C)nn(-c3ccc(C)cc3)c2C)ccc1OC(C)C. The number of aryl methyl sites for hydroxylation is 2. The molecule has 0 spiro atoms. The van der Waals surface area contributed by atoms with Crippen molar-refractivity contribution < 1.29 is 23.8 Å². The summed E-state index contributed by atoms with van der Waals surface area (Å²) >= 11 is 0. The molecule has 1 amide bonds. The Morgan fingerprint density at radius 2 is 1.73 bits per heavy atom. The molecule has 8 nitrogen and oxygen atoms in total. The molecule has 0 bridgehead atoms. The normalized spacial score (nSPS) is 10.8. The second-order valence-electron chi connectivity index (χ2n) is 7.95. The van der Waals surface area contributed by atoms with Gasteiger partial charge in [-0.2, -0.15) is 5.10 Å². The molecular formula is C25H29N3O5. The van der Waals surface area contributed by atoms with Crippen molar-refractivity contribution in [2.45, 2.75) is 40.7 Å². The Labute approximate surface area is 193 Å². The largest absolute Gasteiger partial charge is 0.493 e. The van der Waals surface area contributed by atoms with E-state index in [1.54, 1.807) is 16.8 Å². The lowest BCUT2D eigenvalue weighted by Gasteiger charge is -2.14. The standard InChI is InChI=1S/C25H29N3O5/c1-15(2)33-21-12-9-19(13-22(21)31-6)25(30)32-14-23(29)26-24-17(4)27-28(18(24)5)20-10-7-16(3)8-11-20/h7-13,15H,14H2,1-6H3,(H,26,29). The van der Waals surface area contributed by atoms with Gasteiger partial charge in [-0.1, -0.05) is 17.7 Å². The highest BCUT2D eigenvalue weighted by Gasteiger charge is 2.18. The number of benzene rings is 2. The first-order valence-electron chi connectivity index (χ1n) is 10.6. The van der Waals surface area contributed by atoms with Gasteiger partial charge in [0.2, 0.25) is 0 Å². The van der Waals surface area contributed by atoms with Gasteiger partial charge in [0.05, 0.1) is 41.5 Å². The molecule has 1 heterocycles. The van der Waals surface area contributed by atoms with E-state index < -0.39 is 18.5 Å². The molecule has 33 heavy (non-hydrogen) atoms. The molecule has 0 unspecified atom stereocenters. The number of nitrogens with one attached hydrogen (secondary N) is 1. The quantitative estimate of drug-likeness (QED) is 0.511. The van der Waals surface area contributed by atoms with E-state index in [-0.39, 0.29) is 11.7 Å². The maximum Gasteiger partial charge on any atom is 0.338 e. The molecule has 2 aromatic carbocycles. The Balaban J connectivity index is 1.65. The van der Waals surface area contributed by atoms with Gasteiger partial charge in [0.15, 0.2) is 18.1 Å². The molecule has 174 valence electrons. The molecule has 0 aliphatic rings. The molecule has 0 aliphatic heterocycles. The molecule has 0 atom stereocenters. The van der Waals surface area contributed by atoms with E-state index in [1.807, 2.05) is 58.9 Å². The fourth-order valence-electron chi connectivity index (χ4n) is 3.30. The summed E-state index contributed by atoms with van der Waals surface area (Å²) < 4.78 is 17.9. The third-order valence-corrected chi connectivity index (χ3v) is 4.93. The minimum Gasteiger partial charge on any atom is -0.493 e. The van der Waals surface area contributed by atoms with Crippen LogP contribution in [-0.4, -0.2) is 41.5 Å². The van der Waals surface area contributed by atoms with Crippen LogP contribution in [0.4, 0.5) is 5.69 Å². The van der Waals surface area contributed by atoms with Crippen molar-refractivity contribution in [3.63, 3.8) is 0 Å². The molecule has 0 aliphatic carbocycles. The predicted molar refractivity (Wildman–Crippen MR) is 125 cm³/mol. The second kappa shape index (κ2) is 10.2.